The number of hydrogen-bond donors (Lipinski definition) is 1. The van der Waals surface area contributed by atoms with Gasteiger partial charge < -0.3 is 10.2 Å². The summed E-state index contributed by atoms with van der Waals surface area (Å²) >= 11 is 0. The third-order valence-corrected chi connectivity index (χ3v) is 4.09. The van der Waals surface area contributed by atoms with Crippen LogP contribution in [-0.4, -0.2) is 24.0 Å². The maximum atomic E-state index is 12.3. The second-order valence-corrected chi connectivity index (χ2v) is 5.87. The van der Waals surface area contributed by atoms with E-state index in [9.17, 15) is 4.79 Å². The van der Waals surface area contributed by atoms with E-state index in [2.05, 4.69) is 15.2 Å². The maximum Gasteiger partial charge on any atom is 0.257 e. The minimum absolute atomic E-state index is 0.112. The third kappa shape index (κ3) is 3.11. The lowest BCUT2D eigenvalue weighted by Crippen LogP contribution is -2.18. The van der Waals surface area contributed by atoms with Gasteiger partial charge in [0.15, 0.2) is 0 Å². The number of rotatable bonds is 3. The first kappa shape index (κ1) is 14.6. The van der Waals surface area contributed by atoms with Gasteiger partial charge in [-0.1, -0.05) is 17.7 Å². The standard InChI is InChI=1S/C18H21N3O/c1-13-5-7-16(14(2)11-13)18(22)20-17-8-6-15(12-19-17)21-9-3-4-10-21/h5-8,11-12H,3-4,9-10H2,1-2H3,(H,19,20,22). The van der Waals surface area contributed by atoms with Crippen LogP contribution in [0, 0.1) is 13.8 Å². The average Bonchev–Trinajstić information content (AvgIpc) is 3.02. The fourth-order valence-corrected chi connectivity index (χ4v) is 2.87. The molecule has 1 fully saturated rings. The van der Waals surface area contributed by atoms with Gasteiger partial charge in [0.1, 0.15) is 5.82 Å². The molecule has 3 rings (SSSR count). The molecule has 0 atom stereocenters. The number of benzene rings is 1. The Morgan fingerprint density at radius 1 is 1.14 bits per heavy atom. The Morgan fingerprint density at radius 2 is 1.91 bits per heavy atom. The highest BCUT2D eigenvalue weighted by Crippen LogP contribution is 2.20. The number of anilines is 2. The third-order valence-electron chi connectivity index (χ3n) is 4.09. The van der Waals surface area contributed by atoms with Crippen molar-refractivity contribution in [1.29, 1.82) is 0 Å². The summed E-state index contributed by atoms with van der Waals surface area (Å²) in [6, 6.07) is 9.72. The van der Waals surface area contributed by atoms with Gasteiger partial charge in [-0.2, -0.15) is 0 Å². The molecule has 2 aromatic rings. The van der Waals surface area contributed by atoms with Crippen LogP contribution in [0.15, 0.2) is 36.5 Å². The molecule has 0 spiro atoms. The van der Waals surface area contributed by atoms with Crippen LogP contribution in [0.3, 0.4) is 0 Å². The van der Waals surface area contributed by atoms with E-state index in [-0.39, 0.29) is 5.91 Å². The second kappa shape index (κ2) is 6.18. The van der Waals surface area contributed by atoms with Crippen LogP contribution < -0.4 is 10.2 Å². The minimum atomic E-state index is -0.112. The van der Waals surface area contributed by atoms with Crippen molar-refractivity contribution in [3.8, 4) is 0 Å². The molecule has 2 heterocycles. The number of carbonyl (C=O) groups is 1. The van der Waals surface area contributed by atoms with Crippen molar-refractivity contribution in [3.05, 3.63) is 53.2 Å². The lowest BCUT2D eigenvalue weighted by molar-refractivity contribution is 0.102. The van der Waals surface area contributed by atoms with E-state index < -0.39 is 0 Å². The molecule has 0 radical (unpaired) electrons. The summed E-state index contributed by atoms with van der Waals surface area (Å²) in [6.07, 6.45) is 4.32. The number of pyridine rings is 1. The van der Waals surface area contributed by atoms with Gasteiger partial charge in [0.2, 0.25) is 0 Å². The fraction of sp³-hybridized carbons (Fsp3) is 0.333. The van der Waals surface area contributed by atoms with E-state index in [4.69, 9.17) is 0 Å². The predicted octanol–water partition coefficient (Wildman–Crippen LogP) is 3.55. The number of nitrogens with one attached hydrogen (secondary N) is 1. The molecular weight excluding hydrogens is 274 g/mol. The van der Waals surface area contributed by atoms with Gasteiger partial charge in [0.25, 0.3) is 5.91 Å². The normalized spacial score (nSPS) is 14.2. The van der Waals surface area contributed by atoms with Crippen LogP contribution in [0.1, 0.15) is 34.3 Å². The monoisotopic (exact) mass is 295 g/mol. The van der Waals surface area contributed by atoms with Crippen LogP contribution in [0.25, 0.3) is 0 Å². The van der Waals surface area contributed by atoms with Gasteiger partial charge in [0.05, 0.1) is 11.9 Å². The molecule has 4 nitrogen and oxygen atoms in total. The molecule has 0 unspecified atom stereocenters. The quantitative estimate of drug-likeness (QED) is 0.942. The lowest BCUT2D eigenvalue weighted by atomic mass is 10.1. The molecule has 22 heavy (non-hydrogen) atoms. The number of aromatic nitrogens is 1. The number of aryl methyl sites for hydroxylation is 2. The first-order valence-corrected chi connectivity index (χ1v) is 7.73. The first-order chi connectivity index (χ1) is 10.6. The topological polar surface area (TPSA) is 45.2 Å². The Balaban J connectivity index is 1.71. The molecule has 0 saturated carbocycles. The molecule has 1 aliphatic heterocycles. The molecule has 1 amide bonds. The largest absolute Gasteiger partial charge is 0.370 e. The highest BCUT2D eigenvalue weighted by Gasteiger charge is 2.13. The van der Waals surface area contributed by atoms with Crippen LogP contribution in [0.5, 0.6) is 0 Å². The molecular formula is C18H21N3O. The van der Waals surface area contributed by atoms with Crippen LogP contribution in [0.2, 0.25) is 0 Å². The van der Waals surface area contributed by atoms with Gasteiger partial charge in [-0.25, -0.2) is 4.98 Å². The Bertz CT molecular complexity index is 673. The average molecular weight is 295 g/mol. The fourth-order valence-electron chi connectivity index (χ4n) is 2.87. The van der Waals surface area contributed by atoms with Crippen molar-refractivity contribution < 1.29 is 4.79 Å². The van der Waals surface area contributed by atoms with Crippen molar-refractivity contribution in [2.24, 2.45) is 0 Å². The minimum Gasteiger partial charge on any atom is -0.370 e. The molecule has 1 aromatic heterocycles. The van der Waals surface area contributed by atoms with Crippen LogP contribution >= 0.6 is 0 Å². The van der Waals surface area contributed by atoms with E-state index in [1.807, 2.05) is 50.4 Å². The highest BCUT2D eigenvalue weighted by molar-refractivity contribution is 6.04. The van der Waals surface area contributed by atoms with Gasteiger partial charge in [-0.05, 0) is 50.5 Å². The molecule has 1 aromatic carbocycles. The SMILES string of the molecule is Cc1ccc(C(=O)Nc2ccc(N3CCCC3)cn2)c(C)c1. The lowest BCUT2D eigenvalue weighted by Gasteiger charge is -2.17. The summed E-state index contributed by atoms with van der Waals surface area (Å²) in [5.41, 5.74) is 3.95. The summed E-state index contributed by atoms with van der Waals surface area (Å²) in [4.78, 5) is 19.0. The van der Waals surface area contributed by atoms with E-state index in [0.717, 1.165) is 29.9 Å². The summed E-state index contributed by atoms with van der Waals surface area (Å²) in [7, 11) is 0. The van der Waals surface area contributed by atoms with Crippen molar-refractivity contribution in [3.63, 3.8) is 0 Å². The van der Waals surface area contributed by atoms with Crippen LogP contribution in [-0.2, 0) is 0 Å². The highest BCUT2D eigenvalue weighted by atomic mass is 16.1. The second-order valence-electron chi connectivity index (χ2n) is 5.87. The number of carbonyl (C=O) groups excluding carboxylic acids is 1. The predicted molar refractivity (Wildman–Crippen MR) is 89.6 cm³/mol. The Morgan fingerprint density at radius 3 is 2.55 bits per heavy atom. The van der Waals surface area contributed by atoms with Gasteiger partial charge >= 0.3 is 0 Å². The van der Waals surface area contributed by atoms with E-state index in [0.29, 0.717) is 11.4 Å². The van der Waals surface area contributed by atoms with Crippen molar-refractivity contribution >= 4 is 17.4 Å². The molecule has 4 heteroatoms. The van der Waals surface area contributed by atoms with E-state index >= 15 is 0 Å². The molecule has 1 N–H and O–H groups in total. The first-order valence-electron chi connectivity index (χ1n) is 7.73. The molecule has 1 aliphatic rings. The van der Waals surface area contributed by atoms with Crippen LogP contribution in [0.4, 0.5) is 11.5 Å². The Kier molecular flexibility index (Phi) is 4.09. The van der Waals surface area contributed by atoms with Gasteiger partial charge in [0, 0.05) is 18.7 Å². The molecule has 1 saturated heterocycles. The van der Waals surface area contributed by atoms with E-state index in [1.165, 1.54) is 12.8 Å². The van der Waals surface area contributed by atoms with E-state index in [1.54, 1.807) is 0 Å². The number of hydrogen-bond acceptors (Lipinski definition) is 3. The van der Waals surface area contributed by atoms with Crippen molar-refractivity contribution in [2.75, 3.05) is 23.3 Å². The smallest absolute Gasteiger partial charge is 0.257 e. The summed E-state index contributed by atoms with van der Waals surface area (Å²) < 4.78 is 0. The number of amides is 1. The van der Waals surface area contributed by atoms with Gasteiger partial charge in [-0.3, -0.25) is 4.79 Å². The Labute approximate surface area is 131 Å². The number of nitrogens with zero attached hydrogens (tertiary/aromatic N) is 2. The van der Waals surface area contributed by atoms with Crippen molar-refractivity contribution in [1.82, 2.24) is 4.98 Å². The summed E-state index contributed by atoms with van der Waals surface area (Å²) in [5, 5.41) is 2.87. The van der Waals surface area contributed by atoms with Crippen molar-refractivity contribution in [2.45, 2.75) is 26.7 Å². The molecule has 114 valence electrons. The zero-order chi connectivity index (χ0) is 15.5. The zero-order valence-corrected chi connectivity index (χ0v) is 13.1. The Hall–Kier alpha value is -2.36. The summed E-state index contributed by atoms with van der Waals surface area (Å²) in [6.45, 7) is 6.16. The molecule has 0 bridgehead atoms. The molecule has 0 aliphatic carbocycles. The van der Waals surface area contributed by atoms with Gasteiger partial charge in [-0.15, -0.1) is 0 Å². The summed E-state index contributed by atoms with van der Waals surface area (Å²) in [5.74, 6) is 0.479. The zero-order valence-electron chi connectivity index (χ0n) is 13.1. The maximum absolute atomic E-state index is 12.3.